The van der Waals surface area contributed by atoms with Crippen molar-refractivity contribution in [2.24, 2.45) is 0 Å². The first kappa shape index (κ1) is 16.4. The first-order chi connectivity index (χ1) is 11.3. The summed E-state index contributed by atoms with van der Waals surface area (Å²) in [6.45, 7) is 9.21. The summed E-state index contributed by atoms with van der Waals surface area (Å²) < 4.78 is 10.4. The van der Waals surface area contributed by atoms with Gasteiger partial charge in [-0.25, -0.2) is 4.79 Å². The van der Waals surface area contributed by atoms with Crippen LogP contribution in [-0.2, 0) is 11.3 Å². The van der Waals surface area contributed by atoms with Gasteiger partial charge in [-0.3, -0.25) is 0 Å². The van der Waals surface area contributed by atoms with Crippen molar-refractivity contribution in [3.63, 3.8) is 0 Å². The Labute approximate surface area is 142 Å². The molecule has 0 amide bonds. The van der Waals surface area contributed by atoms with Gasteiger partial charge in [-0.2, -0.15) is 0 Å². The van der Waals surface area contributed by atoms with Crippen LogP contribution in [0.3, 0.4) is 0 Å². The molecule has 24 heavy (non-hydrogen) atoms. The lowest BCUT2D eigenvalue weighted by atomic mass is 9.88. The molecule has 0 spiro atoms. The Morgan fingerprint density at radius 2 is 1.96 bits per heavy atom. The molecule has 0 radical (unpaired) electrons. The molecule has 0 bridgehead atoms. The number of benzene rings is 1. The van der Waals surface area contributed by atoms with Gasteiger partial charge in [-0.05, 0) is 57.0 Å². The fourth-order valence-electron chi connectivity index (χ4n) is 3.31. The maximum Gasteiger partial charge on any atom is 0.373 e. The predicted molar refractivity (Wildman–Crippen MR) is 95.1 cm³/mol. The highest BCUT2D eigenvalue weighted by Gasteiger charge is 2.32. The van der Waals surface area contributed by atoms with Gasteiger partial charge in [0.2, 0.25) is 5.76 Å². The Morgan fingerprint density at radius 1 is 1.21 bits per heavy atom. The number of allylic oxidation sites excluding steroid dienone is 1. The van der Waals surface area contributed by atoms with Crippen LogP contribution in [0.15, 0.2) is 40.8 Å². The van der Waals surface area contributed by atoms with Crippen molar-refractivity contribution in [2.45, 2.75) is 39.8 Å². The molecule has 2 heterocycles. The van der Waals surface area contributed by atoms with Gasteiger partial charge in [0.15, 0.2) is 0 Å². The second-order valence-corrected chi connectivity index (χ2v) is 6.85. The Hall–Kier alpha value is -2.49. The van der Waals surface area contributed by atoms with E-state index in [1.54, 1.807) is 6.07 Å². The third kappa shape index (κ3) is 2.84. The molecule has 0 atom stereocenters. The van der Waals surface area contributed by atoms with E-state index in [4.69, 9.17) is 9.15 Å². The number of carbonyl (C=O) groups excluding carboxylic acids is 1. The summed E-state index contributed by atoms with van der Waals surface area (Å²) in [5, 5.41) is 0. The molecule has 0 saturated carbocycles. The number of esters is 1. The van der Waals surface area contributed by atoms with Gasteiger partial charge in [-0.15, -0.1) is 0 Å². The molecule has 0 saturated heterocycles. The molecule has 2 aromatic rings. The number of hydrogen-bond acceptors (Lipinski definition) is 4. The molecule has 1 aliphatic heterocycles. The lowest BCUT2D eigenvalue weighted by Gasteiger charge is -2.43. The Kier molecular flexibility index (Phi) is 3.99. The molecule has 1 aromatic heterocycles. The van der Waals surface area contributed by atoms with Gasteiger partial charge in [-0.1, -0.05) is 18.2 Å². The molecule has 1 aromatic carbocycles. The molecule has 0 N–H and O–H groups in total. The normalized spacial score (nSPS) is 15.7. The van der Waals surface area contributed by atoms with Crippen molar-refractivity contribution in [1.82, 2.24) is 0 Å². The van der Waals surface area contributed by atoms with E-state index in [1.807, 2.05) is 6.07 Å². The number of anilines is 1. The number of fused-ring (bicyclic) bond motifs is 1. The summed E-state index contributed by atoms with van der Waals surface area (Å²) in [4.78, 5) is 13.9. The van der Waals surface area contributed by atoms with E-state index in [2.05, 4.69) is 56.9 Å². The van der Waals surface area contributed by atoms with Gasteiger partial charge in [0.1, 0.15) is 5.76 Å². The maximum absolute atomic E-state index is 11.6. The average Bonchev–Trinajstić information content (AvgIpc) is 2.98. The standard InChI is InChI=1S/C20H23NO3/c1-13-6-8-16-14(2)11-20(3,4)21(17(16)10-13)12-15-7-9-18(24-15)19(22)23-5/h6-11H,12H2,1-5H3. The van der Waals surface area contributed by atoms with Gasteiger partial charge in [0.25, 0.3) is 0 Å². The highest BCUT2D eigenvalue weighted by Crippen LogP contribution is 2.40. The SMILES string of the molecule is COC(=O)c1ccc(CN2c3cc(C)ccc3C(C)=CC2(C)C)o1. The first-order valence-corrected chi connectivity index (χ1v) is 8.07. The molecule has 0 aliphatic carbocycles. The number of hydrogen-bond donors (Lipinski definition) is 0. The van der Waals surface area contributed by atoms with Crippen LogP contribution in [0.2, 0.25) is 0 Å². The molecule has 4 heteroatoms. The third-order valence-electron chi connectivity index (χ3n) is 4.50. The summed E-state index contributed by atoms with van der Waals surface area (Å²) in [5.41, 5.74) is 4.78. The van der Waals surface area contributed by atoms with E-state index in [-0.39, 0.29) is 11.3 Å². The number of methoxy groups -OCH3 is 1. The zero-order valence-electron chi connectivity index (χ0n) is 14.8. The zero-order valence-corrected chi connectivity index (χ0v) is 14.8. The molecule has 1 aliphatic rings. The summed E-state index contributed by atoms with van der Waals surface area (Å²) >= 11 is 0. The Balaban J connectivity index is 1.99. The fraction of sp³-hybridized carbons (Fsp3) is 0.350. The molecular formula is C20H23NO3. The topological polar surface area (TPSA) is 42.7 Å². The summed E-state index contributed by atoms with van der Waals surface area (Å²) in [6, 6.07) is 10.0. The van der Waals surface area contributed by atoms with Gasteiger partial charge < -0.3 is 14.1 Å². The highest BCUT2D eigenvalue weighted by molar-refractivity contribution is 5.86. The third-order valence-corrected chi connectivity index (χ3v) is 4.50. The van der Waals surface area contributed by atoms with Gasteiger partial charge >= 0.3 is 5.97 Å². The molecule has 4 nitrogen and oxygen atoms in total. The largest absolute Gasteiger partial charge is 0.463 e. The summed E-state index contributed by atoms with van der Waals surface area (Å²) in [5.74, 6) is 0.522. The van der Waals surface area contributed by atoms with Crippen LogP contribution in [0.4, 0.5) is 5.69 Å². The average molecular weight is 325 g/mol. The van der Waals surface area contributed by atoms with E-state index >= 15 is 0 Å². The van der Waals surface area contributed by atoms with Crippen LogP contribution < -0.4 is 4.90 Å². The second kappa shape index (κ2) is 5.86. The van der Waals surface area contributed by atoms with E-state index < -0.39 is 5.97 Å². The van der Waals surface area contributed by atoms with E-state index in [9.17, 15) is 4.79 Å². The van der Waals surface area contributed by atoms with Crippen LogP contribution >= 0.6 is 0 Å². The minimum absolute atomic E-state index is 0.150. The number of ether oxygens (including phenoxy) is 1. The molecule has 0 unspecified atom stereocenters. The van der Waals surface area contributed by atoms with Crippen molar-refractivity contribution in [3.8, 4) is 0 Å². The zero-order chi connectivity index (χ0) is 17.5. The van der Waals surface area contributed by atoms with Gasteiger partial charge in [0, 0.05) is 11.3 Å². The fourth-order valence-corrected chi connectivity index (χ4v) is 3.31. The van der Waals surface area contributed by atoms with Gasteiger partial charge in [0.05, 0.1) is 19.2 Å². The van der Waals surface area contributed by atoms with Crippen LogP contribution in [0.25, 0.3) is 5.57 Å². The number of carbonyl (C=O) groups is 1. The monoisotopic (exact) mass is 325 g/mol. The minimum Gasteiger partial charge on any atom is -0.463 e. The quantitative estimate of drug-likeness (QED) is 0.775. The number of nitrogens with zero attached hydrogens (tertiary/aromatic N) is 1. The smallest absolute Gasteiger partial charge is 0.373 e. The van der Waals surface area contributed by atoms with Crippen molar-refractivity contribution in [2.75, 3.05) is 12.0 Å². The number of rotatable bonds is 3. The Bertz CT molecular complexity index is 814. The first-order valence-electron chi connectivity index (χ1n) is 8.07. The van der Waals surface area contributed by atoms with Crippen LogP contribution in [0.5, 0.6) is 0 Å². The lowest BCUT2D eigenvalue weighted by molar-refractivity contribution is 0.0563. The maximum atomic E-state index is 11.6. The van der Waals surface area contributed by atoms with Crippen molar-refractivity contribution in [1.29, 1.82) is 0 Å². The van der Waals surface area contributed by atoms with Crippen LogP contribution in [0, 0.1) is 6.92 Å². The summed E-state index contributed by atoms with van der Waals surface area (Å²) in [6.07, 6.45) is 2.27. The minimum atomic E-state index is -0.453. The van der Waals surface area contributed by atoms with Crippen molar-refractivity contribution in [3.05, 3.63) is 59.1 Å². The number of furan rings is 1. The molecule has 126 valence electrons. The highest BCUT2D eigenvalue weighted by atomic mass is 16.5. The Morgan fingerprint density at radius 3 is 2.67 bits per heavy atom. The van der Waals surface area contributed by atoms with Crippen LogP contribution in [-0.4, -0.2) is 18.6 Å². The lowest BCUT2D eigenvalue weighted by Crippen LogP contribution is -2.44. The molecule has 3 rings (SSSR count). The van der Waals surface area contributed by atoms with Crippen LogP contribution in [0.1, 0.15) is 48.2 Å². The molecular weight excluding hydrogens is 302 g/mol. The van der Waals surface area contributed by atoms with E-state index in [0.717, 1.165) is 5.76 Å². The summed E-state index contributed by atoms with van der Waals surface area (Å²) in [7, 11) is 1.35. The van der Waals surface area contributed by atoms with Crippen molar-refractivity contribution < 1.29 is 13.9 Å². The predicted octanol–water partition coefficient (Wildman–Crippen LogP) is 4.58. The van der Waals surface area contributed by atoms with E-state index in [0.29, 0.717) is 6.54 Å². The van der Waals surface area contributed by atoms with Crippen molar-refractivity contribution >= 4 is 17.2 Å². The number of aryl methyl sites for hydroxylation is 1. The molecule has 0 fully saturated rings. The van der Waals surface area contributed by atoms with E-state index in [1.165, 1.54) is 29.5 Å². The second-order valence-electron chi connectivity index (χ2n) is 6.85.